The largest absolute Gasteiger partial charge is 0.374 e. The molecule has 2 heteroatoms. The van der Waals surface area contributed by atoms with Gasteiger partial charge in [0.15, 0.2) is 0 Å². The van der Waals surface area contributed by atoms with Gasteiger partial charge in [-0.3, -0.25) is 0 Å². The van der Waals surface area contributed by atoms with Gasteiger partial charge in [0.2, 0.25) is 0 Å². The molecule has 1 fully saturated rings. The summed E-state index contributed by atoms with van der Waals surface area (Å²) in [7, 11) is 0. The third kappa shape index (κ3) is 2.64. The van der Waals surface area contributed by atoms with Gasteiger partial charge in [0.1, 0.15) is 0 Å². The van der Waals surface area contributed by atoms with Crippen LogP contribution in [-0.4, -0.2) is 24.8 Å². The number of nitrogens with one attached hydrogen (secondary N) is 1. The second kappa shape index (κ2) is 5.87. The number of benzene rings is 1. The van der Waals surface area contributed by atoms with Crippen LogP contribution in [0.25, 0.3) is 0 Å². The third-order valence-corrected chi connectivity index (χ3v) is 5.11. The first-order valence-electron chi connectivity index (χ1n) is 8.18. The van der Waals surface area contributed by atoms with E-state index in [0.717, 1.165) is 19.1 Å². The molecule has 1 aromatic rings. The van der Waals surface area contributed by atoms with E-state index < -0.39 is 0 Å². The molecule has 1 aliphatic heterocycles. The van der Waals surface area contributed by atoms with Crippen molar-refractivity contribution in [1.29, 1.82) is 0 Å². The summed E-state index contributed by atoms with van der Waals surface area (Å²) in [6.07, 6.45) is 6.06. The van der Waals surface area contributed by atoms with Crippen molar-refractivity contribution in [2.45, 2.75) is 63.5 Å². The third-order valence-electron chi connectivity index (χ3n) is 5.11. The Kier molecular flexibility index (Phi) is 4.13. The summed E-state index contributed by atoms with van der Waals surface area (Å²) in [6, 6.07) is 9.39. The summed E-state index contributed by atoms with van der Waals surface area (Å²) < 4.78 is 6.09. The molecule has 1 aromatic carbocycles. The van der Waals surface area contributed by atoms with Gasteiger partial charge in [-0.05, 0) is 62.6 Å². The van der Waals surface area contributed by atoms with E-state index in [0.29, 0.717) is 6.04 Å². The van der Waals surface area contributed by atoms with E-state index in [1.165, 1.54) is 32.1 Å². The Labute approximate surface area is 122 Å². The minimum absolute atomic E-state index is 0.0414. The summed E-state index contributed by atoms with van der Waals surface area (Å²) in [5, 5.41) is 3.76. The highest BCUT2D eigenvalue weighted by molar-refractivity contribution is 5.40. The zero-order valence-corrected chi connectivity index (χ0v) is 12.8. The van der Waals surface area contributed by atoms with Gasteiger partial charge >= 0.3 is 0 Å². The lowest BCUT2D eigenvalue weighted by Crippen LogP contribution is -2.50. The maximum absolute atomic E-state index is 6.09. The van der Waals surface area contributed by atoms with Crippen LogP contribution < -0.4 is 5.32 Å². The van der Waals surface area contributed by atoms with Crippen molar-refractivity contribution in [3.63, 3.8) is 0 Å². The van der Waals surface area contributed by atoms with Crippen LogP contribution in [-0.2, 0) is 11.2 Å². The molecule has 2 nitrogen and oxygen atoms in total. The molecule has 3 unspecified atom stereocenters. The molecule has 110 valence electrons. The molecule has 1 saturated heterocycles. The molecule has 20 heavy (non-hydrogen) atoms. The molecule has 1 aliphatic carbocycles. The highest BCUT2D eigenvalue weighted by Crippen LogP contribution is 2.41. The topological polar surface area (TPSA) is 21.3 Å². The average Bonchev–Trinajstić information content (AvgIpc) is 2.87. The highest BCUT2D eigenvalue weighted by Gasteiger charge is 2.40. The summed E-state index contributed by atoms with van der Waals surface area (Å²) in [6.45, 7) is 6.57. The molecule has 3 atom stereocenters. The number of fused-ring (bicyclic) bond motifs is 1. The van der Waals surface area contributed by atoms with Gasteiger partial charge in [-0.15, -0.1) is 0 Å². The van der Waals surface area contributed by atoms with Crippen molar-refractivity contribution in [2.75, 3.05) is 13.2 Å². The van der Waals surface area contributed by atoms with E-state index >= 15 is 0 Å². The monoisotopic (exact) mass is 273 g/mol. The van der Waals surface area contributed by atoms with Crippen LogP contribution in [0.1, 0.15) is 56.6 Å². The van der Waals surface area contributed by atoms with E-state index in [4.69, 9.17) is 4.74 Å². The summed E-state index contributed by atoms with van der Waals surface area (Å²) in [5.41, 5.74) is 3.15. The van der Waals surface area contributed by atoms with Gasteiger partial charge in [0.25, 0.3) is 0 Å². The highest BCUT2D eigenvalue weighted by atomic mass is 16.5. The normalized spacial score (nSPS) is 29.8. The van der Waals surface area contributed by atoms with E-state index in [-0.39, 0.29) is 5.60 Å². The fourth-order valence-electron chi connectivity index (χ4n) is 3.80. The SMILES string of the molecule is CCCNC(CC1Cc2ccccc21)C1(C)CCCO1. The molecule has 1 heterocycles. The predicted molar refractivity (Wildman–Crippen MR) is 83.2 cm³/mol. The van der Waals surface area contributed by atoms with E-state index in [9.17, 15) is 0 Å². The van der Waals surface area contributed by atoms with Crippen LogP contribution in [0.15, 0.2) is 24.3 Å². The first-order valence-corrected chi connectivity index (χ1v) is 8.18. The van der Waals surface area contributed by atoms with Crippen molar-refractivity contribution < 1.29 is 4.74 Å². The van der Waals surface area contributed by atoms with Gasteiger partial charge in [0, 0.05) is 12.6 Å². The molecular weight excluding hydrogens is 246 g/mol. The number of hydrogen-bond acceptors (Lipinski definition) is 2. The number of hydrogen-bond donors (Lipinski definition) is 1. The quantitative estimate of drug-likeness (QED) is 0.854. The molecule has 1 N–H and O–H groups in total. The average molecular weight is 273 g/mol. The van der Waals surface area contributed by atoms with Crippen LogP contribution in [0.3, 0.4) is 0 Å². The fraction of sp³-hybridized carbons (Fsp3) is 0.667. The molecule has 0 amide bonds. The summed E-state index contributed by atoms with van der Waals surface area (Å²) in [4.78, 5) is 0. The molecule has 0 saturated carbocycles. The maximum atomic E-state index is 6.09. The lowest BCUT2D eigenvalue weighted by molar-refractivity contribution is -0.0162. The lowest BCUT2D eigenvalue weighted by atomic mass is 9.72. The Morgan fingerprint density at radius 3 is 2.95 bits per heavy atom. The Balaban J connectivity index is 1.68. The maximum Gasteiger partial charge on any atom is 0.0807 e. The smallest absolute Gasteiger partial charge is 0.0807 e. The Hall–Kier alpha value is -0.860. The molecule has 2 aliphatic rings. The number of rotatable bonds is 6. The van der Waals surface area contributed by atoms with Crippen molar-refractivity contribution >= 4 is 0 Å². The molecule has 0 radical (unpaired) electrons. The zero-order valence-electron chi connectivity index (χ0n) is 12.8. The van der Waals surface area contributed by atoms with Crippen LogP contribution in [0.2, 0.25) is 0 Å². The Bertz CT molecular complexity index is 450. The van der Waals surface area contributed by atoms with Crippen LogP contribution >= 0.6 is 0 Å². The van der Waals surface area contributed by atoms with Gasteiger partial charge in [0.05, 0.1) is 5.60 Å². The van der Waals surface area contributed by atoms with E-state index in [1.807, 2.05) is 0 Å². The second-order valence-electron chi connectivity index (χ2n) is 6.61. The summed E-state index contributed by atoms with van der Waals surface area (Å²) in [5.74, 6) is 0.724. The number of ether oxygens (including phenoxy) is 1. The van der Waals surface area contributed by atoms with Gasteiger partial charge in [-0.25, -0.2) is 0 Å². The van der Waals surface area contributed by atoms with Gasteiger partial charge in [-0.2, -0.15) is 0 Å². The van der Waals surface area contributed by atoms with Crippen molar-refractivity contribution in [2.24, 2.45) is 0 Å². The minimum atomic E-state index is 0.0414. The molecule has 0 aromatic heterocycles. The molecule has 0 bridgehead atoms. The van der Waals surface area contributed by atoms with Crippen LogP contribution in [0.5, 0.6) is 0 Å². The lowest BCUT2D eigenvalue weighted by Gasteiger charge is -2.40. The second-order valence-corrected chi connectivity index (χ2v) is 6.61. The predicted octanol–water partition coefficient (Wildman–Crippen LogP) is 3.65. The van der Waals surface area contributed by atoms with Crippen molar-refractivity contribution in [3.8, 4) is 0 Å². The Morgan fingerprint density at radius 2 is 2.25 bits per heavy atom. The van der Waals surface area contributed by atoms with E-state index in [1.54, 1.807) is 11.1 Å². The minimum Gasteiger partial charge on any atom is -0.374 e. The molecule has 0 spiro atoms. The molecular formula is C18H27NO. The van der Waals surface area contributed by atoms with Crippen molar-refractivity contribution in [3.05, 3.63) is 35.4 Å². The van der Waals surface area contributed by atoms with Crippen LogP contribution in [0.4, 0.5) is 0 Å². The van der Waals surface area contributed by atoms with Crippen LogP contribution in [0, 0.1) is 0 Å². The summed E-state index contributed by atoms with van der Waals surface area (Å²) >= 11 is 0. The van der Waals surface area contributed by atoms with Crippen molar-refractivity contribution in [1.82, 2.24) is 5.32 Å². The van der Waals surface area contributed by atoms with Gasteiger partial charge < -0.3 is 10.1 Å². The fourth-order valence-corrected chi connectivity index (χ4v) is 3.80. The standard InChI is InChI=1S/C18H27NO/c1-3-10-19-17(18(2)9-6-11-20-18)13-15-12-14-7-4-5-8-16(14)15/h4-5,7-8,15,17,19H,3,6,9-13H2,1-2H3. The molecule has 3 rings (SSSR count). The zero-order chi connectivity index (χ0) is 14.0. The van der Waals surface area contributed by atoms with Gasteiger partial charge in [-0.1, -0.05) is 31.2 Å². The Morgan fingerprint density at radius 1 is 1.40 bits per heavy atom. The first kappa shape index (κ1) is 14.1. The van der Waals surface area contributed by atoms with E-state index in [2.05, 4.69) is 43.4 Å². The first-order chi connectivity index (χ1) is 9.73.